The summed E-state index contributed by atoms with van der Waals surface area (Å²) in [6, 6.07) is 10.5. The second-order valence-electron chi connectivity index (χ2n) is 8.14. The summed E-state index contributed by atoms with van der Waals surface area (Å²) in [5.74, 6) is 1.47. The summed E-state index contributed by atoms with van der Waals surface area (Å²) in [6.07, 6.45) is 5.72. The minimum atomic E-state index is -0.0110. The molecule has 26 heavy (non-hydrogen) atoms. The molecule has 3 heteroatoms. The quantitative estimate of drug-likeness (QED) is 0.787. The molecule has 1 saturated carbocycles. The molecule has 1 fully saturated rings. The maximum absolute atomic E-state index is 12.7. The van der Waals surface area contributed by atoms with Crippen molar-refractivity contribution in [2.45, 2.75) is 71.8 Å². The lowest BCUT2D eigenvalue weighted by atomic mass is 9.88. The van der Waals surface area contributed by atoms with Gasteiger partial charge in [-0.1, -0.05) is 57.0 Å². The van der Waals surface area contributed by atoms with E-state index in [1.165, 1.54) is 30.4 Å². The maximum Gasteiger partial charge on any atom is 0.255 e. The van der Waals surface area contributed by atoms with Gasteiger partial charge in [0.15, 0.2) is 0 Å². The van der Waals surface area contributed by atoms with E-state index in [4.69, 9.17) is 4.74 Å². The molecule has 0 bridgehead atoms. The minimum absolute atomic E-state index is 0.0110. The molecule has 1 aromatic carbocycles. The highest BCUT2D eigenvalue weighted by molar-refractivity contribution is 5.37. The highest BCUT2D eigenvalue weighted by atomic mass is 16.5. The van der Waals surface area contributed by atoms with Crippen molar-refractivity contribution < 1.29 is 4.74 Å². The molecule has 140 valence electrons. The number of hydrogen-bond donors (Lipinski definition) is 1. The Morgan fingerprint density at radius 2 is 1.85 bits per heavy atom. The topological polar surface area (TPSA) is 42.1 Å². The van der Waals surface area contributed by atoms with Gasteiger partial charge in [-0.25, -0.2) is 0 Å². The molecular formula is C23H31NO2. The fourth-order valence-electron chi connectivity index (χ4n) is 3.88. The molecule has 1 heterocycles. The first-order valence-electron chi connectivity index (χ1n) is 9.92. The van der Waals surface area contributed by atoms with Gasteiger partial charge < -0.3 is 9.72 Å². The standard InChI is InChI=1S/C23H31NO2/c1-15(2)22-21(26-20-8-6-5-7-17(20)4)14-19(24-23(22)25)13-18-11-9-16(3)10-12-18/h9-12,14-15,17,20H,5-8,13H2,1-4H3,(H,24,25). The van der Waals surface area contributed by atoms with Crippen LogP contribution in [0.4, 0.5) is 0 Å². The highest BCUT2D eigenvalue weighted by Gasteiger charge is 2.25. The van der Waals surface area contributed by atoms with Gasteiger partial charge in [0.25, 0.3) is 5.56 Å². The molecule has 0 radical (unpaired) electrons. The Hall–Kier alpha value is -2.03. The summed E-state index contributed by atoms with van der Waals surface area (Å²) in [7, 11) is 0. The third-order valence-electron chi connectivity index (χ3n) is 5.49. The van der Waals surface area contributed by atoms with Gasteiger partial charge in [0, 0.05) is 18.2 Å². The zero-order valence-electron chi connectivity index (χ0n) is 16.5. The van der Waals surface area contributed by atoms with Crippen molar-refractivity contribution >= 4 is 0 Å². The molecule has 0 spiro atoms. The van der Waals surface area contributed by atoms with E-state index in [1.807, 2.05) is 0 Å². The fraction of sp³-hybridized carbons (Fsp3) is 0.522. The normalized spacial score (nSPS) is 20.3. The number of nitrogens with one attached hydrogen (secondary N) is 1. The predicted octanol–water partition coefficient (Wildman–Crippen LogP) is 5.36. The van der Waals surface area contributed by atoms with Crippen LogP contribution in [0, 0.1) is 12.8 Å². The van der Waals surface area contributed by atoms with Crippen molar-refractivity contribution in [1.29, 1.82) is 0 Å². The monoisotopic (exact) mass is 353 g/mol. The molecule has 0 aliphatic heterocycles. The van der Waals surface area contributed by atoms with E-state index >= 15 is 0 Å². The molecule has 2 aromatic rings. The van der Waals surface area contributed by atoms with Crippen molar-refractivity contribution in [2.24, 2.45) is 5.92 Å². The smallest absolute Gasteiger partial charge is 0.255 e. The van der Waals surface area contributed by atoms with Crippen LogP contribution in [0.1, 0.15) is 74.8 Å². The number of aromatic nitrogens is 1. The van der Waals surface area contributed by atoms with E-state index < -0.39 is 0 Å². The van der Waals surface area contributed by atoms with Gasteiger partial charge in [0.2, 0.25) is 0 Å². The van der Waals surface area contributed by atoms with Crippen molar-refractivity contribution in [3.05, 3.63) is 63.1 Å². The third-order valence-corrected chi connectivity index (χ3v) is 5.49. The number of hydrogen-bond acceptors (Lipinski definition) is 2. The van der Waals surface area contributed by atoms with Crippen LogP contribution in [0.15, 0.2) is 35.1 Å². The molecule has 2 atom stereocenters. The van der Waals surface area contributed by atoms with Crippen molar-refractivity contribution in [3.63, 3.8) is 0 Å². The number of rotatable bonds is 5. The molecule has 0 amide bonds. The fourth-order valence-corrected chi connectivity index (χ4v) is 3.88. The van der Waals surface area contributed by atoms with E-state index in [0.717, 1.165) is 23.4 Å². The summed E-state index contributed by atoms with van der Waals surface area (Å²) in [4.78, 5) is 15.8. The molecule has 1 aromatic heterocycles. The summed E-state index contributed by atoms with van der Waals surface area (Å²) in [6.45, 7) is 8.46. The molecule has 3 nitrogen and oxygen atoms in total. The van der Waals surface area contributed by atoms with Gasteiger partial charge in [-0.15, -0.1) is 0 Å². The molecule has 3 rings (SSSR count). The Kier molecular flexibility index (Phi) is 5.85. The van der Waals surface area contributed by atoms with Crippen LogP contribution >= 0.6 is 0 Å². The minimum Gasteiger partial charge on any atom is -0.490 e. The first-order valence-corrected chi connectivity index (χ1v) is 9.92. The van der Waals surface area contributed by atoms with Crippen LogP contribution in [-0.2, 0) is 6.42 Å². The SMILES string of the molecule is Cc1ccc(Cc2cc(OC3CCCCC3C)c(C(C)C)c(=O)[nH]2)cc1. The van der Waals surface area contributed by atoms with Crippen LogP contribution in [0.5, 0.6) is 5.75 Å². The van der Waals surface area contributed by atoms with E-state index in [1.54, 1.807) is 0 Å². The van der Waals surface area contributed by atoms with Crippen LogP contribution < -0.4 is 10.3 Å². The maximum atomic E-state index is 12.7. The molecule has 0 saturated heterocycles. The lowest BCUT2D eigenvalue weighted by Crippen LogP contribution is -2.30. The van der Waals surface area contributed by atoms with Crippen LogP contribution in [0.25, 0.3) is 0 Å². The average Bonchev–Trinajstić information content (AvgIpc) is 2.58. The van der Waals surface area contributed by atoms with E-state index in [0.29, 0.717) is 12.3 Å². The van der Waals surface area contributed by atoms with Gasteiger partial charge in [-0.2, -0.15) is 0 Å². The number of aromatic amines is 1. The summed E-state index contributed by atoms with van der Waals surface area (Å²) < 4.78 is 6.42. The number of aryl methyl sites for hydroxylation is 1. The lowest BCUT2D eigenvalue weighted by molar-refractivity contribution is 0.101. The Bertz CT molecular complexity index is 789. The zero-order valence-corrected chi connectivity index (χ0v) is 16.5. The average molecular weight is 354 g/mol. The number of pyridine rings is 1. The number of benzene rings is 1. The van der Waals surface area contributed by atoms with Gasteiger partial charge in [0.05, 0.1) is 5.56 Å². The Labute approximate surface area is 156 Å². The van der Waals surface area contributed by atoms with Crippen molar-refractivity contribution in [2.75, 3.05) is 0 Å². The molecule has 1 aliphatic carbocycles. The zero-order chi connectivity index (χ0) is 18.7. The lowest BCUT2D eigenvalue weighted by Gasteiger charge is -2.30. The number of H-pyrrole nitrogens is 1. The van der Waals surface area contributed by atoms with E-state index in [-0.39, 0.29) is 17.6 Å². The van der Waals surface area contributed by atoms with Crippen LogP contribution in [0.3, 0.4) is 0 Å². The van der Waals surface area contributed by atoms with E-state index in [9.17, 15) is 4.79 Å². The second kappa shape index (κ2) is 8.11. The first-order chi connectivity index (χ1) is 12.4. The molecule has 1 N–H and O–H groups in total. The molecule has 1 aliphatic rings. The Morgan fingerprint density at radius 3 is 2.50 bits per heavy atom. The van der Waals surface area contributed by atoms with E-state index in [2.05, 4.69) is 63.0 Å². The largest absolute Gasteiger partial charge is 0.490 e. The summed E-state index contributed by atoms with van der Waals surface area (Å²) in [5, 5.41) is 0. The van der Waals surface area contributed by atoms with Crippen LogP contribution in [-0.4, -0.2) is 11.1 Å². The second-order valence-corrected chi connectivity index (χ2v) is 8.14. The number of ether oxygens (including phenoxy) is 1. The molecular weight excluding hydrogens is 322 g/mol. The van der Waals surface area contributed by atoms with Crippen LogP contribution in [0.2, 0.25) is 0 Å². The summed E-state index contributed by atoms with van der Waals surface area (Å²) >= 11 is 0. The van der Waals surface area contributed by atoms with Gasteiger partial charge in [0.1, 0.15) is 11.9 Å². The molecule has 2 unspecified atom stereocenters. The van der Waals surface area contributed by atoms with Gasteiger partial charge in [-0.3, -0.25) is 4.79 Å². The summed E-state index contributed by atoms with van der Waals surface area (Å²) in [5.41, 5.74) is 4.12. The van der Waals surface area contributed by atoms with Crippen molar-refractivity contribution in [3.8, 4) is 5.75 Å². The predicted molar refractivity (Wildman–Crippen MR) is 107 cm³/mol. The van der Waals surface area contributed by atoms with Gasteiger partial charge in [-0.05, 0) is 43.6 Å². The first kappa shape index (κ1) is 18.8. The Balaban J connectivity index is 1.91. The van der Waals surface area contributed by atoms with Gasteiger partial charge >= 0.3 is 0 Å². The highest BCUT2D eigenvalue weighted by Crippen LogP contribution is 2.31. The third kappa shape index (κ3) is 4.38. The Morgan fingerprint density at radius 1 is 1.15 bits per heavy atom. The van der Waals surface area contributed by atoms with Crippen molar-refractivity contribution in [1.82, 2.24) is 4.98 Å².